The second-order valence-electron chi connectivity index (χ2n) is 3.94. The molecule has 0 aliphatic carbocycles. The number of benzene rings is 1. The van der Waals surface area contributed by atoms with E-state index in [9.17, 15) is 0 Å². The van der Waals surface area contributed by atoms with Crippen LogP contribution in [-0.2, 0) is 12.8 Å². The van der Waals surface area contributed by atoms with Crippen molar-refractivity contribution in [2.45, 2.75) is 19.8 Å². The monoisotopic (exact) mass is 220 g/mol. The molecular formula is C13H18NS+. The third-order valence-corrected chi connectivity index (χ3v) is 3.70. The third-order valence-electron chi connectivity index (χ3n) is 2.83. The van der Waals surface area contributed by atoms with E-state index in [0.29, 0.717) is 0 Å². The maximum absolute atomic E-state index is 2.27. The van der Waals surface area contributed by atoms with Crippen molar-refractivity contribution in [2.75, 3.05) is 12.4 Å². The summed E-state index contributed by atoms with van der Waals surface area (Å²) >= 11 is 1.91. The summed E-state index contributed by atoms with van der Waals surface area (Å²) in [4.78, 5) is 1.58. The van der Waals surface area contributed by atoms with Crippen molar-refractivity contribution < 1.29 is 4.90 Å². The zero-order chi connectivity index (χ0) is 10.5. The Morgan fingerprint density at radius 2 is 1.93 bits per heavy atom. The summed E-state index contributed by atoms with van der Waals surface area (Å²) in [5, 5.41) is 2.20. The van der Waals surface area contributed by atoms with Crippen LogP contribution >= 0.6 is 11.8 Å². The standard InChI is InChI=1S/C13H17NS/c1-2-12-3-5-13(6-4-12)7-8-14-9-10-15-11-14/h3-6,9-10H,2,7-8,11H2,1H3/p+1. The molecule has 0 bridgehead atoms. The van der Waals surface area contributed by atoms with Gasteiger partial charge in [0.25, 0.3) is 0 Å². The Balaban J connectivity index is 1.85. The molecule has 0 spiro atoms. The molecule has 1 aromatic rings. The van der Waals surface area contributed by atoms with Crippen LogP contribution in [-0.4, -0.2) is 12.4 Å². The minimum atomic E-state index is 1.14. The Morgan fingerprint density at radius 3 is 2.53 bits per heavy atom. The zero-order valence-corrected chi connectivity index (χ0v) is 10.0. The van der Waals surface area contributed by atoms with E-state index in [0.717, 1.165) is 6.42 Å². The average molecular weight is 220 g/mol. The highest BCUT2D eigenvalue weighted by molar-refractivity contribution is 8.02. The SMILES string of the molecule is CCc1ccc(CC[NH+]2C=CSC2)cc1. The molecule has 0 aromatic heterocycles. The predicted octanol–water partition coefficient (Wildman–Crippen LogP) is 1.85. The van der Waals surface area contributed by atoms with Gasteiger partial charge in [-0.15, -0.1) is 0 Å². The molecule has 0 fully saturated rings. The first-order chi connectivity index (χ1) is 7.38. The van der Waals surface area contributed by atoms with Crippen LogP contribution in [0, 0.1) is 0 Å². The lowest BCUT2D eigenvalue weighted by atomic mass is 10.1. The van der Waals surface area contributed by atoms with Crippen molar-refractivity contribution in [3.05, 3.63) is 47.0 Å². The van der Waals surface area contributed by atoms with Gasteiger partial charge in [0, 0.05) is 11.8 Å². The van der Waals surface area contributed by atoms with E-state index < -0.39 is 0 Å². The van der Waals surface area contributed by atoms with E-state index in [1.807, 2.05) is 11.8 Å². The van der Waals surface area contributed by atoms with Crippen LogP contribution in [0.15, 0.2) is 35.9 Å². The highest BCUT2D eigenvalue weighted by Crippen LogP contribution is 2.05. The molecule has 1 aromatic carbocycles. The third kappa shape index (κ3) is 3.11. The van der Waals surface area contributed by atoms with Crippen molar-refractivity contribution >= 4 is 11.8 Å². The van der Waals surface area contributed by atoms with E-state index in [2.05, 4.69) is 42.8 Å². The molecule has 2 heteroatoms. The second kappa shape index (κ2) is 5.38. The molecule has 1 aliphatic rings. The minimum absolute atomic E-state index is 1.14. The molecule has 0 radical (unpaired) electrons. The van der Waals surface area contributed by atoms with Crippen LogP contribution in [0.1, 0.15) is 18.1 Å². The van der Waals surface area contributed by atoms with E-state index in [4.69, 9.17) is 0 Å². The normalized spacial score (nSPS) is 19.7. The summed E-state index contributed by atoms with van der Waals surface area (Å²) in [6, 6.07) is 9.04. The quantitative estimate of drug-likeness (QED) is 0.811. The van der Waals surface area contributed by atoms with Crippen LogP contribution in [0.3, 0.4) is 0 Å². The molecule has 0 saturated heterocycles. The summed E-state index contributed by atoms with van der Waals surface area (Å²) in [6.07, 6.45) is 4.59. The molecule has 1 atom stereocenters. The van der Waals surface area contributed by atoms with Crippen molar-refractivity contribution in [3.8, 4) is 0 Å². The average Bonchev–Trinajstić information content (AvgIpc) is 2.80. The fraction of sp³-hybridized carbons (Fsp3) is 0.385. The van der Waals surface area contributed by atoms with Crippen LogP contribution in [0.4, 0.5) is 0 Å². The maximum atomic E-state index is 2.27. The Kier molecular flexibility index (Phi) is 3.87. The minimum Gasteiger partial charge on any atom is -0.299 e. The van der Waals surface area contributed by atoms with Gasteiger partial charge in [-0.3, -0.25) is 4.90 Å². The lowest BCUT2D eigenvalue weighted by Gasteiger charge is -2.09. The number of aryl methyl sites for hydroxylation is 1. The van der Waals surface area contributed by atoms with Crippen LogP contribution < -0.4 is 4.90 Å². The number of thioether (sulfide) groups is 1. The molecule has 0 amide bonds. The Morgan fingerprint density at radius 1 is 1.20 bits per heavy atom. The summed E-state index contributed by atoms with van der Waals surface area (Å²) in [5.74, 6) is 1.20. The maximum Gasteiger partial charge on any atom is 0.132 e. The molecule has 1 N–H and O–H groups in total. The van der Waals surface area contributed by atoms with Gasteiger partial charge in [-0.05, 0) is 17.5 Å². The van der Waals surface area contributed by atoms with Crippen LogP contribution in [0.2, 0.25) is 0 Å². The molecule has 1 aliphatic heterocycles. The smallest absolute Gasteiger partial charge is 0.132 e. The highest BCUT2D eigenvalue weighted by Gasteiger charge is 2.09. The topological polar surface area (TPSA) is 4.44 Å². The zero-order valence-electron chi connectivity index (χ0n) is 9.20. The number of nitrogens with one attached hydrogen (secondary N) is 1. The second-order valence-corrected chi connectivity index (χ2v) is 4.84. The van der Waals surface area contributed by atoms with Gasteiger partial charge in [0.05, 0.1) is 6.54 Å². The Labute approximate surface area is 96.2 Å². The first-order valence-electron chi connectivity index (χ1n) is 5.59. The molecule has 80 valence electrons. The lowest BCUT2D eigenvalue weighted by Crippen LogP contribution is -3.06. The van der Waals surface area contributed by atoms with Gasteiger partial charge in [-0.2, -0.15) is 0 Å². The molecule has 1 unspecified atom stereocenters. The van der Waals surface area contributed by atoms with Gasteiger partial charge in [-0.1, -0.05) is 43.0 Å². The molecule has 1 heterocycles. The number of quaternary nitrogens is 1. The highest BCUT2D eigenvalue weighted by atomic mass is 32.2. The van der Waals surface area contributed by atoms with Gasteiger partial charge in [0.2, 0.25) is 0 Å². The molecular weight excluding hydrogens is 202 g/mol. The van der Waals surface area contributed by atoms with E-state index >= 15 is 0 Å². The Hall–Kier alpha value is -0.730. The summed E-state index contributed by atoms with van der Waals surface area (Å²) in [5.41, 5.74) is 2.90. The number of hydrogen-bond donors (Lipinski definition) is 1. The Bertz CT molecular complexity index is 329. The van der Waals surface area contributed by atoms with Crippen LogP contribution in [0.25, 0.3) is 0 Å². The number of rotatable bonds is 4. The number of hydrogen-bond acceptors (Lipinski definition) is 1. The predicted molar refractivity (Wildman–Crippen MR) is 67.0 cm³/mol. The van der Waals surface area contributed by atoms with Crippen molar-refractivity contribution in [2.24, 2.45) is 0 Å². The van der Waals surface area contributed by atoms with Crippen LogP contribution in [0.5, 0.6) is 0 Å². The van der Waals surface area contributed by atoms with Gasteiger partial charge in [0.1, 0.15) is 12.1 Å². The first-order valence-corrected chi connectivity index (χ1v) is 6.64. The van der Waals surface area contributed by atoms with Crippen molar-refractivity contribution in [1.82, 2.24) is 0 Å². The van der Waals surface area contributed by atoms with Gasteiger partial charge >= 0.3 is 0 Å². The van der Waals surface area contributed by atoms with Gasteiger partial charge in [-0.25, -0.2) is 0 Å². The summed E-state index contributed by atoms with van der Waals surface area (Å²) < 4.78 is 0. The molecule has 2 rings (SSSR count). The van der Waals surface area contributed by atoms with E-state index in [-0.39, 0.29) is 0 Å². The summed E-state index contributed by atoms with van der Waals surface area (Å²) in [7, 11) is 0. The molecule has 15 heavy (non-hydrogen) atoms. The molecule has 0 saturated carbocycles. The largest absolute Gasteiger partial charge is 0.299 e. The van der Waals surface area contributed by atoms with Gasteiger partial charge in [0.15, 0.2) is 0 Å². The fourth-order valence-electron chi connectivity index (χ4n) is 1.75. The lowest BCUT2D eigenvalue weighted by molar-refractivity contribution is -0.829. The van der Waals surface area contributed by atoms with E-state index in [1.165, 1.54) is 30.0 Å². The summed E-state index contributed by atoms with van der Waals surface area (Å²) in [6.45, 7) is 3.42. The first kappa shape index (κ1) is 10.8. The van der Waals surface area contributed by atoms with Gasteiger partial charge < -0.3 is 0 Å². The fourth-order valence-corrected chi connectivity index (χ4v) is 2.59. The van der Waals surface area contributed by atoms with Crippen molar-refractivity contribution in [1.29, 1.82) is 0 Å². The molecule has 1 nitrogen and oxygen atoms in total. The van der Waals surface area contributed by atoms with Crippen molar-refractivity contribution in [3.63, 3.8) is 0 Å². The van der Waals surface area contributed by atoms with E-state index in [1.54, 1.807) is 4.90 Å².